The molecule has 154 valence electrons. The summed E-state index contributed by atoms with van der Waals surface area (Å²) in [6.45, 7) is 3.78. The molecule has 8 heteroatoms. The summed E-state index contributed by atoms with van der Waals surface area (Å²) in [5.74, 6) is 2.14. The van der Waals surface area contributed by atoms with Gasteiger partial charge in [0.05, 0.1) is 18.3 Å². The number of guanidine groups is 1. The third-order valence-electron chi connectivity index (χ3n) is 6.38. The van der Waals surface area contributed by atoms with Crippen LogP contribution in [0.15, 0.2) is 4.99 Å². The van der Waals surface area contributed by atoms with E-state index in [1.54, 1.807) is 19.0 Å². The standard InChI is InChI=1S/C19H32N4O3.HI/c1-22(2)18(24)10-21-19(20-9-13-5-3-4-8-25-13)23-11-14-15(12-23)17-7-6-16(14)26-17;/h13-17H,3-12H2,1-2H3,(H,20,21);1H. The lowest BCUT2D eigenvalue weighted by molar-refractivity contribution is -0.127. The Morgan fingerprint density at radius 2 is 1.85 bits per heavy atom. The van der Waals surface area contributed by atoms with Gasteiger partial charge >= 0.3 is 0 Å². The number of hydrogen-bond acceptors (Lipinski definition) is 4. The second-order valence-corrected chi connectivity index (χ2v) is 8.32. The number of carbonyl (C=O) groups excluding carboxylic acids is 1. The van der Waals surface area contributed by atoms with Crippen LogP contribution in [0.1, 0.15) is 32.1 Å². The van der Waals surface area contributed by atoms with Crippen molar-refractivity contribution in [1.82, 2.24) is 15.1 Å². The second kappa shape index (κ2) is 9.26. The summed E-state index contributed by atoms with van der Waals surface area (Å²) in [6.07, 6.45) is 7.01. The molecule has 4 fully saturated rings. The van der Waals surface area contributed by atoms with Gasteiger partial charge in [0, 0.05) is 52.2 Å². The molecular weight excluding hydrogens is 459 g/mol. The van der Waals surface area contributed by atoms with Crippen molar-refractivity contribution in [3.8, 4) is 0 Å². The first kappa shape index (κ1) is 21.1. The first-order valence-corrected chi connectivity index (χ1v) is 10.1. The molecule has 7 nitrogen and oxygen atoms in total. The van der Waals surface area contributed by atoms with Gasteiger partial charge in [-0.25, -0.2) is 4.99 Å². The van der Waals surface area contributed by atoms with Crippen LogP contribution in [0.25, 0.3) is 0 Å². The summed E-state index contributed by atoms with van der Waals surface area (Å²) in [4.78, 5) is 20.6. The van der Waals surface area contributed by atoms with Crippen molar-refractivity contribution in [2.45, 2.75) is 50.4 Å². The van der Waals surface area contributed by atoms with E-state index < -0.39 is 0 Å². The molecule has 4 heterocycles. The molecule has 0 aromatic heterocycles. The number of likely N-dealkylation sites (tertiary alicyclic amines) is 1. The summed E-state index contributed by atoms with van der Waals surface area (Å²) in [5.41, 5.74) is 0. The topological polar surface area (TPSA) is 66.4 Å². The number of carbonyl (C=O) groups is 1. The Bertz CT molecular complexity index is 535. The molecule has 5 atom stereocenters. The third kappa shape index (κ3) is 4.70. The van der Waals surface area contributed by atoms with E-state index in [9.17, 15) is 4.79 Å². The van der Waals surface area contributed by atoms with Crippen molar-refractivity contribution < 1.29 is 14.3 Å². The third-order valence-corrected chi connectivity index (χ3v) is 6.38. The number of likely N-dealkylation sites (N-methyl/N-ethyl adjacent to an activating group) is 1. The summed E-state index contributed by atoms with van der Waals surface area (Å²) < 4.78 is 11.9. The van der Waals surface area contributed by atoms with Crippen LogP contribution in [0.4, 0.5) is 0 Å². The van der Waals surface area contributed by atoms with Crippen LogP contribution in [0.3, 0.4) is 0 Å². The maximum absolute atomic E-state index is 12.0. The van der Waals surface area contributed by atoms with Crippen molar-refractivity contribution >= 4 is 35.8 Å². The van der Waals surface area contributed by atoms with Gasteiger partial charge < -0.3 is 24.6 Å². The molecular formula is C19H33IN4O3. The Morgan fingerprint density at radius 3 is 2.44 bits per heavy atom. The Balaban J connectivity index is 0.00000210. The predicted octanol–water partition coefficient (Wildman–Crippen LogP) is 1.32. The fourth-order valence-corrected chi connectivity index (χ4v) is 4.86. The van der Waals surface area contributed by atoms with E-state index >= 15 is 0 Å². The molecule has 0 saturated carbocycles. The molecule has 2 bridgehead atoms. The van der Waals surface area contributed by atoms with Gasteiger partial charge in [-0.15, -0.1) is 24.0 Å². The van der Waals surface area contributed by atoms with Gasteiger partial charge in [-0.1, -0.05) is 0 Å². The van der Waals surface area contributed by atoms with E-state index in [0.29, 0.717) is 24.0 Å². The number of fused-ring (bicyclic) bond motifs is 5. The molecule has 5 unspecified atom stereocenters. The number of rotatable bonds is 4. The van der Waals surface area contributed by atoms with Crippen LogP contribution in [0.5, 0.6) is 0 Å². The van der Waals surface area contributed by atoms with Crippen LogP contribution in [0.2, 0.25) is 0 Å². The second-order valence-electron chi connectivity index (χ2n) is 8.32. The SMILES string of the molecule is CN(C)C(=O)CN=C(NCC1CCCCO1)N1CC2C3CCC(O3)C2C1.I. The molecule has 27 heavy (non-hydrogen) atoms. The van der Waals surface area contributed by atoms with Gasteiger partial charge in [-0.3, -0.25) is 4.79 Å². The number of aliphatic imine (C=N–C) groups is 1. The van der Waals surface area contributed by atoms with E-state index in [2.05, 4.69) is 15.2 Å². The van der Waals surface area contributed by atoms with Gasteiger partial charge in [-0.05, 0) is 32.1 Å². The summed E-state index contributed by atoms with van der Waals surface area (Å²) in [7, 11) is 3.55. The number of ether oxygens (including phenoxy) is 2. The van der Waals surface area contributed by atoms with Gasteiger partial charge in [0.25, 0.3) is 0 Å². The summed E-state index contributed by atoms with van der Waals surface area (Å²) in [5, 5.41) is 3.50. The Labute approximate surface area is 179 Å². The van der Waals surface area contributed by atoms with E-state index in [1.165, 1.54) is 19.3 Å². The minimum atomic E-state index is 0. The minimum Gasteiger partial charge on any atom is -0.376 e. The van der Waals surface area contributed by atoms with Gasteiger partial charge in [-0.2, -0.15) is 0 Å². The first-order chi connectivity index (χ1) is 12.6. The number of nitrogens with zero attached hydrogens (tertiary/aromatic N) is 3. The summed E-state index contributed by atoms with van der Waals surface area (Å²) >= 11 is 0. The smallest absolute Gasteiger partial charge is 0.243 e. The molecule has 0 radical (unpaired) electrons. The molecule has 0 spiro atoms. The molecule has 4 aliphatic rings. The Hall–Kier alpha value is -0.610. The fraction of sp³-hybridized carbons (Fsp3) is 0.895. The molecule has 0 aromatic rings. The number of amides is 1. The van der Waals surface area contributed by atoms with E-state index in [0.717, 1.165) is 45.0 Å². The quantitative estimate of drug-likeness (QED) is 0.365. The molecule has 0 aliphatic carbocycles. The van der Waals surface area contributed by atoms with Crippen LogP contribution in [-0.2, 0) is 14.3 Å². The number of halogens is 1. The molecule has 4 saturated heterocycles. The van der Waals surface area contributed by atoms with Crippen LogP contribution < -0.4 is 5.32 Å². The number of hydrogen-bond donors (Lipinski definition) is 1. The Kier molecular flexibility index (Phi) is 7.24. The highest BCUT2D eigenvalue weighted by atomic mass is 127. The lowest BCUT2D eigenvalue weighted by Gasteiger charge is -2.27. The predicted molar refractivity (Wildman–Crippen MR) is 114 cm³/mol. The fourth-order valence-electron chi connectivity index (χ4n) is 4.86. The Morgan fingerprint density at radius 1 is 1.15 bits per heavy atom. The zero-order valence-corrected chi connectivity index (χ0v) is 18.8. The van der Waals surface area contributed by atoms with Crippen molar-refractivity contribution in [2.24, 2.45) is 16.8 Å². The zero-order valence-electron chi connectivity index (χ0n) is 16.4. The van der Waals surface area contributed by atoms with E-state index in [-0.39, 0.29) is 42.5 Å². The van der Waals surface area contributed by atoms with Gasteiger partial charge in [0.15, 0.2) is 5.96 Å². The van der Waals surface area contributed by atoms with Crippen LogP contribution >= 0.6 is 24.0 Å². The van der Waals surface area contributed by atoms with Gasteiger partial charge in [0.2, 0.25) is 5.91 Å². The van der Waals surface area contributed by atoms with Crippen molar-refractivity contribution in [2.75, 3.05) is 46.9 Å². The maximum atomic E-state index is 12.0. The van der Waals surface area contributed by atoms with Crippen LogP contribution in [-0.4, -0.2) is 86.9 Å². The van der Waals surface area contributed by atoms with Crippen molar-refractivity contribution in [1.29, 1.82) is 0 Å². The largest absolute Gasteiger partial charge is 0.376 e. The highest BCUT2D eigenvalue weighted by molar-refractivity contribution is 14.0. The van der Waals surface area contributed by atoms with E-state index in [4.69, 9.17) is 9.47 Å². The highest BCUT2D eigenvalue weighted by Crippen LogP contribution is 2.47. The molecule has 1 amide bonds. The minimum absolute atomic E-state index is 0. The molecule has 4 rings (SSSR count). The van der Waals surface area contributed by atoms with Crippen molar-refractivity contribution in [3.05, 3.63) is 0 Å². The monoisotopic (exact) mass is 492 g/mol. The molecule has 0 aromatic carbocycles. The van der Waals surface area contributed by atoms with E-state index in [1.807, 2.05) is 0 Å². The lowest BCUT2D eigenvalue weighted by atomic mass is 9.82. The average molecular weight is 492 g/mol. The normalized spacial score (nSPS) is 35.0. The number of nitrogens with one attached hydrogen (secondary N) is 1. The highest BCUT2D eigenvalue weighted by Gasteiger charge is 2.53. The average Bonchev–Trinajstić information content (AvgIpc) is 3.35. The van der Waals surface area contributed by atoms with Crippen molar-refractivity contribution in [3.63, 3.8) is 0 Å². The lowest BCUT2D eigenvalue weighted by Crippen LogP contribution is -2.45. The zero-order chi connectivity index (χ0) is 18.1. The maximum Gasteiger partial charge on any atom is 0.243 e. The summed E-state index contributed by atoms with van der Waals surface area (Å²) in [6, 6.07) is 0. The van der Waals surface area contributed by atoms with Crippen LogP contribution in [0, 0.1) is 11.8 Å². The van der Waals surface area contributed by atoms with Gasteiger partial charge in [0.1, 0.15) is 6.54 Å². The molecule has 1 N–H and O–H groups in total. The molecule has 4 aliphatic heterocycles. The first-order valence-electron chi connectivity index (χ1n) is 10.1.